The molecule has 1 heterocycles. The van der Waals surface area contributed by atoms with Crippen LogP contribution in [0.1, 0.15) is 17.3 Å². The first-order valence-corrected chi connectivity index (χ1v) is 6.02. The third-order valence-corrected chi connectivity index (χ3v) is 3.31. The minimum atomic E-state index is -0.497. The van der Waals surface area contributed by atoms with E-state index < -0.39 is 6.04 Å². The number of amides is 2. The maximum Gasteiger partial charge on any atom is 0.256 e. The number of hydrogen-bond donors (Lipinski definition) is 2. The molecule has 0 radical (unpaired) electrons. The van der Waals surface area contributed by atoms with Crippen molar-refractivity contribution in [3.63, 3.8) is 0 Å². The Morgan fingerprint density at radius 3 is 3.00 bits per heavy atom. The van der Waals surface area contributed by atoms with Gasteiger partial charge in [0.15, 0.2) is 0 Å². The number of carbonyl (C=O) groups is 2. The van der Waals surface area contributed by atoms with E-state index in [0.717, 1.165) is 0 Å². The van der Waals surface area contributed by atoms with Crippen molar-refractivity contribution in [2.24, 2.45) is 0 Å². The van der Waals surface area contributed by atoms with Gasteiger partial charge in [-0.3, -0.25) is 9.59 Å². The molecule has 0 bridgehead atoms. The third-order valence-electron chi connectivity index (χ3n) is 2.98. The van der Waals surface area contributed by atoms with Crippen molar-refractivity contribution in [2.75, 3.05) is 18.8 Å². The van der Waals surface area contributed by atoms with Crippen LogP contribution in [0.3, 0.4) is 0 Å². The highest BCUT2D eigenvalue weighted by Gasteiger charge is 2.30. The molecule has 1 unspecified atom stereocenters. The molecule has 2 rings (SSSR count). The van der Waals surface area contributed by atoms with Crippen LogP contribution >= 0.6 is 11.6 Å². The van der Waals surface area contributed by atoms with E-state index in [1.54, 1.807) is 19.1 Å². The fourth-order valence-electron chi connectivity index (χ4n) is 1.92. The first-order valence-electron chi connectivity index (χ1n) is 5.64. The largest absolute Gasteiger partial charge is 0.399 e. The second-order valence-corrected chi connectivity index (χ2v) is 4.61. The molecule has 18 heavy (non-hydrogen) atoms. The van der Waals surface area contributed by atoms with E-state index in [1.165, 1.54) is 11.0 Å². The van der Waals surface area contributed by atoms with Gasteiger partial charge in [-0.1, -0.05) is 11.6 Å². The number of nitrogen functional groups attached to an aromatic ring is 1. The van der Waals surface area contributed by atoms with Crippen molar-refractivity contribution in [3.05, 3.63) is 28.8 Å². The maximum absolute atomic E-state index is 12.3. The van der Waals surface area contributed by atoms with E-state index >= 15 is 0 Å². The molecule has 3 N–H and O–H groups in total. The Bertz CT molecular complexity index is 504. The van der Waals surface area contributed by atoms with Crippen LogP contribution in [0.5, 0.6) is 0 Å². The van der Waals surface area contributed by atoms with Gasteiger partial charge >= 0.3 is 0 Å². The van der Waals surface area contributed by atoms with Gasteiger partial charge in [-0.25, -0.2) is 0 Å². The summed E-state index contributed by atoms with van der Waals surface area (Å²) in [6, 6.07) is 4.25. The van der Waals surface area contributed by atoms with Gasteiger partial charge in [0.1, 0.15) is 6.04 Å². The fraction of sp³-hybridized carbons (Fsp3) is 0.333. The highest BCUT2D eigenvalue weighted by atomic mass is 35.5. The van der Waals surface area contributed by atoms with Gasteiger partial charge in [-0.15, -0.1) is 0 Å². The Morgan fingerprint density at radius 1 is 1.56 bits per heavy atom. The summed E-state index contributed by atoms with van der Waals surface area (Å²) in [5, 5.41) is 3.04. The monoisotopic (exact) mass is 267 g/mol. The first-order chi connectivity index (χ1) is 8.50. The summed E-state index contributed by atoms with van der Waals surface area (Å²) in [6.45, 7) is 2.61. The Hall–Kier alpha value is -1.75. The Balaban J connectivity index is 2.30. The Labute approximate surface area is 110 Å². The Kier molecular flexibility index (Phi) is 3.43. The van der Waals surface area contributed by atoms with Crippen LogP contribution < -0.4 is 11.1 Å². The topological polar surface area (TPSA) is 75.4 Å². The summed E-state index contributed by atoms with van der Waals surface area (Å²) in [5.74, 6) is -0.427. The van der Waals surface area contributed by atoms with Gasteiger partial charge in [0.05, 0.1) is 10.6 Å². The summed E-state index contributed by atoms with van der Waals surface area (Å²) in [6.07, 6.45) is 0. The van der Waals surface area contributed by atoms with E-state index in [4.69, 9.17) is 17.3 Å². The van der Waals surface area contributed by atoms with E-state index in [9.17, 15) is 9.59 Å². The number of piperazine rings is 1. The van der Waals surface area contributed by atoms with Crippen LogP contribution in [0, 0.1) is 0 Å². The molecule has 0 spiro atoms. The molecule has 1 aliphatic heterocycles. The van der Waals surface area contributed by atoms with Gasteiger partial charge in [0, 0.05) is 18.8 Å². The quantitative estimate of drug-likeness (QED) is 0.742. The van der Waals surface area contributed by atoms with Crippen molar-refractivity contribution in [3.8, 4) is 0 Å². The van der Waals surface area contributed by atoms with Crippen LogP contribution in [0.25, 0.3) is 0 Å². The number of nitrogens with one attached hydrogen (secondary N) is 1. The van der Waals surface area contributed by atoms with Crippen molar-refractivity contribution in [2.45, 2.75) is 13.0 Å². The predicted molar refractivity (Wildman–Crippen MR) is 69.4 cm³/mol. The molecule has 1 aromatic carbocycles. The standard InChI is InChI=1S/C12H14ClN3O2/c1-7-11(17)15-4-5-16(7)12(18)9-6-8(14)2-3-10(9)13/h2-3,6-7H,4-5,14H2,1H3,(H,15,17). The molecule has 1 saturated heterocycles. The van der Waals surface area contributed by atoms with E-state index in [0.29, 0.717) is 29.4 Å². The molecule has 5 nitrogen and oxygen atoms in total. The van der Waals surface area contributed by atoms with Gasteiger partial charge in [0.2, 0.25) is 5.91 Å². The fourth-order valence-corrected chi connectivity index (χ4v) is 2.12. The van der Waals surface area contributed by atoms with E-state index in [-0.39, 0.29) is 11.8 Å². The van der Waals surface area contributed by atoms with Crippen molar-refractivity contribution in [1.29, 1.82) is 0 Å². The second kappa shape index (κ2) is 4.86. The Morgan fingerprint density at radius 2 is 2.28 bits per heavy atom. The average molecular weight is 268 g/mol. The van der Waals surface area contributed by atoms with E-state index in [2.05, 4.69) is 5.32 Å². The van der Waals surface area contributed by atoms with Crippen LogP contribution in [-0.4, -0.2) is 35.8 Å². The van der Waals surface area contributed by atoms with Gasteiger partial charge in [-0.05, 0) is 25.1 Å². The minimum Gasteiger partial charge on any atom is -0.399 e. The van der Waals surface area contributed by atoms with Crippen molar-refractivity contribution >= 4 is 29.1 Å². The lowest BCUT2D eigenvalue weighted by Crippen LogP contribution is -2.55. The van der Waals surface area contributed by atoms with Crippen LogP contribution in [-0.2, 0) is 4.79 Å². The molecule has 0 aliphatic carbocycles. The molecular formula is C12H14ClN3O2. The zero-order valence-electron chi connectivity index (χ0n) is 9.94. The number of nitrogens with two attached hydrogens (primary N) is 1. The lowest BCUT2D eigenvalue weighted by Gasteiger charge is -2.33. The van der Waals surface area contributed by atoms with E-state index in [1.807, 2.05) is 0 Å². The number of anilines is 1. The van der Waals surface area contributed by atoms with Crippen molar-refractivity contribution < 1.29 is 9.59 Å². The lowest BCUT2D eigenvalue weighted by molar-refractivity contribution is -0.127. The number of nitrogens with zero attached hydrogens (tertiary/aromatic N) is 1. The molecule has 96 valence electrons. The number of rotatable bonds is 1. The summed E-state index contributed by atoms with van der Waals surface area (Å²) in [4.78, 5) is 25.4. The average Bonchev–Trinajstić information content (AvgIpc) is 2.35. The molecule has 0 saturated carbocycles. The third kappa shape index (κ3) is 2.26. The number of benzene rings is 1. The second-order valence-electron chi connectivity index (χ2n) is 4.20. The summed E-state index contributed by atoms with van der Waals surface area (Å²) in [5.41, 5.74) is 6.45. The molecular weight excluding hydrogens is 254 g/mol. The minimum absolute atomic E-state index is 0.158. The number of hydrogen-bond acceptors (Lipinski definition) is 3. The molecule has 1 aliphatic rings. The summed E-state index contributed by atoms with van der Waals surface area (Å²) >= 11 is 5.99. The maximum atomic E-state index is 12.3. The number of halogens is 1. The summed E-state index contributed by atoms with van der Waals surface area (Å²) in [7, 11) is 0. The normalized spacial score (nSPS) is 19.6. The zero-order valence-corrected chi connectivity index (χ0v) is 10.7. The lowest BCUT2D eigenvalue weighted by atomic mass is 10.1. The molecule has 1 fully saturated rings. The van der Waals surface area contributed by atoms with Crippen LogP contribution in [0.2, 0.25) is 5.02 Å². The highest BCUT2D eigenvalue weighted by molar-refractivity contribution is 6.34. The zero-order chi connectivity index (χ0) is 13.3. The molecule has 2 amide bonds. The first kappa shape index (κ1) is 12.7. The van der Waals surface area contributed by atoms with Gasteiger partial charge in [-0.2, -0.15) is 0 Å². The molecule has 1 aromatic rings. The molecule has 6 heteroatoms. The summed E-state index contributed by atoms with van der Waals surface area (Å²) < 4.78 is 0. The van der Waals surface area contributed by atoms with Crippen LogP contribution in [0.4, 0.5) is 5.69 Å². The molecule has 0 aromatic heterocycles. The number of carbonyl (C=O) groups excluding carboxylic acids is 2. The van der Waals surface area contributed by atoms with Crippen molar-refractivity contribution in [1.82, 2.24) is 10.2 Å². The smallest absolute Gasteiger partial charge is 0.256 e. The predicted octanol–water partition coefficient (Wildman–Crippen LogP) is 0.883. The van der Waals surface area contributed by atoms with Crippen LogP contribution in [0.15, 0.2) is 18.2 Å². The SMILES string of the molecule is CC1C(=O)NCCN1C(=O)c1cc(N)ccc1Cl. The molecule has 1 atom stereocenters. The van der Waals surface area contributed by atoms with Gasteiger partial charge < -0.3 is 16.0 Å². The van der Waals surface area contributed by atoms with Gasteiger partial charge in [0.25, 0.3) is 5.91 Å². The highest BCUT2D eigenvalue weighted by Crippen LogP contribution is 2.22.